The maximum atomic E-state index is 11.4. The molecule has 2 N–H and O–H groups in total. The molecule has 0 amide bonds. The molecule has 0 aromatic heterocycles. The fourth-order valence-electron chi connectivity index (χ4n) is 0.448. The Morgan fingerprint density at radius 1 is 1.30 bits per heavy atom. The number of rotatable bonds is 3. The Balaban J connectivity index is 3.52. The summed E-state index contributed by atoms with van der Waals surface area (Å²) in [7, 11) is 0. The van der Waals surface area contributed by atoms with Crippen molar-refractivity contribution in [3.8, 4) is 0 Å². The fraction of sp³-hybridized carbons (Fsp3) is 1.00. The van der Waals surface area contributed by atoms with Crippen molar-refractivity contribution in [3.63, 3.8) is 0 Å². The third-order valence-electron chi connectivity index (χ3n) is 1.01. The van der Waals surface area contributed by atoms with Crippen LogP contribution in [0.25, 0.3) is 0 Å². The van der Waals surface area contributed by atoms with Crippen LogP contribution in [0.5, 0.6) is 0 Å². The third-order valence-corrected chi connectivity index (χ3v) is 1.01. The summed E-state index contributed by atoms with van der Waals surface area (Å²) in [5, 5.41) is 16.4. The second kappa shape index (κ2) is 3.78. The summed E-state index contributed by atoms with van der Waals surface area (Å²) in [6.07, 6.45) is -7.30. The van der Waals surface area contributed by atoms with Crippen LogP contribution in [-0.2, 0) is 0 Å². The lowest BCUT2D eigenvalue weighted by atomic mass is 10.2. The first-order chi connectivity index (χ1) is 4.48. The van der Waals surface area contributed by atoms with Crippen molar-refractivity contribution in [1.82, 2.24) is 0 Å². The maximum absolute atomic E-state index is 11.4. The molecule has 0 fully saturated rings. The highest BCUT2D eigenvalue weighted by molar-refractivity contribution is 4.63. The van der Waals surface area contributed by atoms with Crippen LogP contribution < -0.4 is 0 Å². The van der Waals surface area contributed by atoms with Gasteiger partial charge in [0.1, 0.15) is 6.10 Å². The lowest BCUT2D eigenvalue weighted by molar-refractivity contribution is -0.205. The van der Waals surface area contributed by atoms with E-state index in [0.29, 0.717) is 0 Å². The summed E-state index contributed by atoms with van der Waals surface area (Å²) < 4.78 is 34.3. The van der Waals surface area contributed by atoms with Gasteiger partial charge in [-0.05, 0) is 12.8 Å². The van der Waals surface area contributed by atoms with Gasteiger partial charge in [0.15, 0.2) is 0 Å². The van der Waals surface area contributed by atoms with E-state index in [1.807, 2.05) is 0 Å². The minimum absolute atomic E-state index is 0.0271. The van der Waals surface area contributed by atoms with Gasteiger partial charge in [0, 0.05) is 6.61 Å². The first-order valence-electron chi connectivity index (χ1n) is 2.84. The molecule has 0 aromatic rings. The van der Waals surface area contributed by atoms with Gasteiger partial charge < -0.3 is 10.2 Å². The Bertz CT molecular complexity index is 91.4. The Morgan fingerprint density at radius 3 is 2.10 bits per heavy atom. The molecule has 0 aliphatic heterocycles. The number of aliphatic hydroxyl groups is 2. The van der Waals surface area contributed by atoms with E-state index in [1.54, 1.807) is 0 Å². The van der Waals surface area contributed by atoms with E-state index < -0.39 is 18.7 Å². The van der Waals surface area contributed by atoms with Crippen molar-refractivity contribution < 1.29 is 23.4 Å². The van der Waals surface area contributed by atoms with E-state index in [0.717, 1.165) is 0 Å². The maximum Gasteiger partial charge on any atom is 0.414 e. The van der Waals surface area contributed by atoms with E-state index in [4.69, 9.17) is 10.2 Å². The summed E-state index contributed by atoms with van der Waals surface area (Å²) in [5.41, 5.74) is 0. The second-order valence-corrected chi connectivity index (χ2v) is 1.92. The molecule has 0 heterocycles. The van der Waals surface area contributed by atoms with Crippen LogP contribution in [0.15, 0.2) is 0 Å². The summed E-state index contributed by atoms with van der Waals surface area (Å²) in [6, 6.07) is 0. The molecule has 0 aliphatic rings. The molecular weight excluding hydrogens is 149 g/mol. The smallest absolute Gasteiger partial charge is 0.396 e. The molecule has 1 unspecified atom stereocenters. The van der Waals surface area contributed by atoms with Crippen LogP contribution >= 0.6 is 0 Å². The normalized spacial score (nSPS) is 15.3. The van der Waals surface area contributed by atoms with E-state index in [9.17, 15) is 13.2 Å². The van der Waals surface area contributed by atoms with Gasteiger partial charge >= 0.3 is 6.18 Å². The second-order valence-electron chi connectivity index (χ2n) is 1.92. The largest absolute Gasteiger partial charge is 0.414 e. The van der Waals surface area contributed by atoms with Crippen molar-refractivity contribution in [1.29, 1.82) is 0 Å². The number of hydrogen-bond donors (Lipinski definition) is 2. The van der Waals surface area contributed by atoms with E-state index in [-0.39, 0.29) is 13.0 Å². The SMILES string of the molecule is OCCCC(O)C(F)(F)F. The van der Waals surface area contributed by atoms with Crippen molar-refractivity contribution in [2.24, 2.45) is 0 Å². The van der Waals surface area contributed by atoms with E-state index >= 15 is 0 Å². The van der Waals surface area contributed by atoms with Gasteiger partial charge in [0.25, 0.3) is 0 Å². The summed E-state index contributed by atoms with van der Waals surface area (Å²) in [5.74, 6) is 0. The van der Waals surface area contributed by atoms with Crippen LogP contribution in [0.1, 0.15) is 12.8 Å². The van der Waals surface area contributed by atoms with Crippen LogP contribution in [-0.4, -0.2) is 29.1 Å². The molecule has 0 rings (SSSR count). The Hall–Kier alpha value is -0.290. The standard InChI is InChI=1S/C5H9F3O2/c6-5(7,8)4(10)2-1-3-9/h4,9-10H,1-3H2. The number of halogens is 3. The first-order valence-corrected chi connectivity index (χ1v) is 2.84. The van der Waals surface area contributed by atoms with Crippen LogP contribution in [0.3, 0.4) is 0 Å². The molecule has 0 aromatic carbocycles. The van der Waals surface area contributed by atoms with Crippen LogP contribution in [0.4, 0.5) is 13.2 Å². The van der Waals surface area contributed by atoms with Gasteiger partial charge in [0.2, 0.25) is 0 Å². The summed E-state index contributed by atoms with van der Waals surface area (Å²) in [4.78, 5) is 0. The van der Waals surface area contributed by atoms with Gasteiger partial charge in [-0.2, -0.15) is 13.2 Å². The molecule has 0 saturated heterocycles. The van der Waals surface area contributed by atoms with Crippen molar-refractivity contribution in [2.45, 2.75) is 25.1 Å². The van der Waals surface area contributed by atoms with E-state index in [2.05, 4.69) is 0 Å². The number of alkyl halides is 3. The molecule has 0 spiro atoms. The number of aliphatic hydroxyl groups excluding tert-OH is 2. The summed E-state index contributed by atoms with van der Waals surface area (Å²) >= 11 is 0. The average Bonchev–Trinajstić information content (AvgIpc) is 1.80. The van der Waals surface area contributed by atoms with Crippen molar-refractivity contribution in [3.05, 3.63) is 0 Å². The van der Waals surface area contributed by atoms with Gasteiger partial charge in [-0.25, -0.2) is 0 Å². The Kier molecular flexibility index (Phi) is 3.67. The zero-order valence-corrected chi connectivity index (χ0v) is 5.23. The minimum Gasteiger partial charge on any atom is -0.396 e. The molecule has 0 bridgehead atoms. The predicted molar refractivity (Wildman–Crippen MR) is 28.4 cm³/mol. The average molecular weight is 158 g/mol. The van der Waals surface area contributed by atoms with Gasteiger partial charge in [-0.3, -0.25) is 0 Å². The molecule has 0 saturated carbocycles. The zero-order chi connectivity index (χ0) is 8.20. The lowest BCUT2D eigenvalue weighted by Gasteiger charge is -2.12. The lowest BCUT2D eigenvalue weighted by Crippen LogP contribution is -2.28. The molecule has 0 radical (unpaired) electrons. The first kappa shape index (κ1) is 9.71. The van der Waals surface area contributed by atoms with Crippen LogP contribution in [0.2, 0.25) is 0 Å². The topological polar surface area (TPSA) is 40.5 Å². The van der Waals surface area contributed by atoms with Crippen molar-refractivity contribution in [2.75, 3.05) is 6.61 Å². The molecule has 10 heavy (non-hydrogen) atoms. The highest BCUT2D eigenvalue weighted by Crippen LogP contribution is 2.22. The van der Waals surface area contributed by atoms with Crippen molar-refractivity contribution >= 4 is 0 Å². The highest BCUT2D eigenvalue weighted by atomic mass is 19.4. The van der Waals surface area contributed by atoms with Gasteiger partial charge in [-0.15, -0.1) is 0 Å². The molecule has 0 aliphatic carbocycles. The van der Waals surface area contributed by atoms with Gasteiger partial charge in [0.05, 0.1) is 0 Å². The summed E-state index contributed by atoms with van der Waals surface area (Å²) in [6.45, 7) is -0.326. The Morgan fingerprint density at radius 2 is 1.80 bits per heavy atom. The van der Waals surface area contributed by atoms with Crippen LogP contribution in [0, 0.1) is 0 Å². The molecule has 62 valence electrons. The molecule has 2 nitrogen and oxygen atoms in total. The minimum atomic E-state index is -4.55. The fourth-order valence-corrected chi connectivity index (χ4v) is 0.448. The number of hydrogen-bond acceptors (Lipinski definition) is 2. The third kappa shape index (κ3) is 3.68. The molecule has 5 heteroatoms. The van der Waals surface area contributed by atoms with E-state index in [1.165, 1.54) is 0 Å². The zero-order valence-electron chi connectivity index (χ0n) is 5.23. The predicted octanol–water partition coefficient (Wildman–Crippen LogP) is 0.682. The molecule has 1 atom stereocenters. The Labute approximate surface area is 56.3 Å². The highest BCUT2D eigenvalue weighted by Gasteiger charge is 2.37. The quantitative estimate of drug-likeness (QED) is 0.634. The monoisotopic (exact) mass is 158 g/mol. The van der Waals surface area contributed by atoms with Gasteiger partial charge in [-0.1, -0.05) is 0 Å². The molecular formula is C5H9F3O2.